The van der Waals surface area contributed by atoms with Gasteiger partial charge < -0.3 is 14.6 Å². The number of carbonyl (C=O) groups is 1. The molecular formula is C23H21N3O2. The van der Waals surface area contributed by atoms with Crippen molar-refractivity contribution >= 4 is 28.7 Å². The highest BCUT2D eigenvalue weighted by molar-refractivity contribution is 6.04. The summed E-state index contributed by atoms with van der Waals surface area (Å²) in [7, 11) is 1.95. The minimum atomic E-state index is -0.127. The van der Waals surface area contributed by atoms with Crippen molar-refractivity contribution < 1.29 is 9.21 Å². The average Bonchev–Trinajstić information content (AvgIpc) is 3.18. The topological polar surface area (TPSA) is 58.4 Å². The second-order valence-electron chi connectivity index (χ2n) is 6.70. The first-order chi connectivity index (χ1) is 13.6. The van der Waals surface area contributed by atoms with E-state index in [-0.39, 0.29) is 11.9 Å². The van der Waals surface area contributed by atoms with E-state index < -0.39 is 0 Å². The van der Waals surface area contributed by atoms with Gasteiger partial charge in [0.25, 0.3) is 11.9 Å². The largest absolute Gasteiger partial charge is 0.423 e. The van der Waals surface area contributed by atoms with Gasteiger partial charge >= 0.3 is 0 Å². The molecule has 140 valence electrons. The van der Waals surface area contributed by atoms with Crippen LogP contribution in [0, 0.1) is 0 Å². The predicted octanol–water partition coefficient (Wildman–Crippen LogP) is 5.28. The first-order valence-electron chi connectivity index (χ1n) is 9.16. The standard InChI is InChI=1S/C23H21N3O2/c1-16(26(2)23-25-20-13-6-7-14-21(20)28-23)18-11-8-12-19(15-18)24-22(27)17-9-4-3-5-10-17/h3-16H,1-2H3,(H,24,27)/t16-/m0/s1. The molecule has 1 amide bonds. The van der Waals surface area contributed by atoms with Crippen LogP contribution in [0.25, 0.3) is 11.1 Å². The number of fused-ring (bicyclic) bond motifs is 1. The Kier molecular flexibility index (Phi) is 4.81. The Morgan fingerprint density at radius 3 is 2.54 bits per heavy atom. The third-order valence-corrected chi connectivity index (χ3v) is 4.83. The summed E-state index contributed by atoms with van der Waals surface area (Å²) in [5.74, 6) is -0.127. The molecule has 5 heteroatoms. The molecule has 1 aromatic heterocycles. The fourth-order valence-electron chi connectivity index (χ4n) is 3.07. The van der Waals surface area contributed by atoms with Crippen LogP contribution in [0.5, 0.6) is 0 Å². The molecule has 0 aliphatic rings. The maximum Gasteiger partial charge on any atom is 0.298 e. The minimum Gasteiger partial charge on any atom is -0.423 e. The number of carbonyl (C=O) groups excluding carboxylic acids is 1. The molecule has 5 nitrogen and oxygen atoms in total. The number of amides is 1. The Labute approximate surface area is 163 Å². The highest BCUT2D eigenvalue weighted by Crippen LogP contribution is 2.29. The monoisotopic (exact) mass is 371 g/mol. The van der Waals surface area contributed by atoms with Crippen molar-refractivity contribution in [2.75, 3.05) is 17.3 Å². The number of para-hydroxylation sites is 2. The van der Waals surface area contributed by atoms with Gasteiger partial charge in [-0.05, 0) is 48.9 Å². The predicted molar refractivity (Wildman–Crippen MR) is 112 cm³/mol. The number of nitrogens with zero attached hydrogens (tertiary/aromatic N) is 2. The van der Waals surface area contributed by atoms with Gasteiger partial charge in [-0.3, -0.25) is 4.79 Å². The molecule has 4 rings (SSSR count). The smallest absolute Gasteiger partial charge is 0.298 e. The van der Waals surface area contributed by atoms with Crippen molar-refractivity contribution in [2.45, 2.75) is 13.0 Å². The van der Waals surface area contributed by atoms with E-state index in [0.717, 1.165) is 22.4 Å². The van der Waals surface area contributed by atoms with E-state index >= 15 is 0 Å². The van der Waals surface area contributed by atoms with Crippen LogP contribution in [0.2, 0.25) is 0 Å². The van der Waals surface area contributed by atoms with Crippen LogP contribution in [0.3, 0.4) is 0 Å². The fraction of sp³-hybridized carbons (Fsp3) is 0.130. The molecule has 0 radical (unpaired) electrons. The highest BCUT2D eigenvalue weighted by Gasteiger charge is 2.18. The number of nitrogens with one attached hydrogen (secondary N) is 1. The summed E-state index contributed by atoms with van der Waals surface area (Å²) in [6.45, 7) is 2.08. The molecular weight excluding hydrogens is 350 g/mol. The summed E-state index contributed by atoms with van der Waals surface area (Å²) in [6.07, 6.45) is 0. The molecule has 0 aliphatic heterocycles. The van der Waals surface area contributed by atoms with Gasteiger partial charge in [-0.15, -0.1) is 0 Å². The lowest BCUT2D eigenvalue weighted by molar-refractivity contribution is 0.102. The Morgan fingerprint density at radius 2 is 1.75 bits per heavy atom. The Bertz CT molecular complexity index is 1070. The van der Waals surface area contributed by atoms with Crippen LogP contribution < -0.4 is 10.2 Å². The van der Waals surface area contributed by atoms with Crippen LogP contribution in [0.1, 0.15) is 28.9 Å². The van der Waals surface area contributed by atoms with Gasteiger partial charge in [0.2, 0.25) is 0 Å². The molecule has 1 heterocycles. The van der Waals surface area contributed by atoms with E-state index in [1.54, 1.807) is 12.1 Å². The number of oxazole rings is 1. The summed E-state index contributed by atoms with van der Waals surface area (Å²) < 4.78 is 5.87. The van der Waals surface area contributed by atoms with Gasteiger partial charge in [0.15, 0.2) is 5.58 Å². The Morgan fingerprint density at radius 1 is 1.00 bits per heavy atom. The van der Waals surface area contributed by atoms with Gasteiger partial charge in [0.1, 0.15) is 5.52 Å². The number of anilines is 2. The molecule has 4 aromatic rings. The Hall–Kier alpha value is -3.60. The summed E-state index contributed by atoms with van der Waals surface area (Å²) in [4.78, 5) is 18.9. The molecule has 1 atom stereocenters. The SMILES string of the molecule is C[C@@H](c1cccc(NC(=O)c2ccccc2)c1)N(C)c1nc2ccccc2o1. The van der Waals surface area contributed by atoms with Crippen molar-refractivity contribution in [2.24, 2.45) is 0 Å². The molecule has 0 bridgehead atoms. The number of aromatic nitrogens is 1. The van der Waals surface area contributed by atoms with Crippen LogP contribution in [0.15, 0.2) is 83.3 Å². The van der Waals surface area contributed by atoms with E-state index in [4.69, 9.17) is 4.42 Å². The van der Waals surface area contributed by atoms with Crippen molar-refractivity contribution in [1.82, 2.24) is 4.98 Å². The van der Waals surface area contributed by atoms with Crippen molar-refractivity contribution in [3.8, 4) is 0 Å². The summed E-state index contributed by atoms with van der Waals surface area (Å²) in [5, 5.41) is 2.96. The van der Waals surface area contributed by atoms with E-state index in [2.05, 4.69) is 17.2 Å². The quantitative estimate of drug-likeness (QED) is 0.519. The zero-order valence-electron chi connectivity index (χ0n) is 15.8. The molecule has 1 N–H and O–H groups in total. The molecule has 3 aromatic carbocycles. The summed E-state index contributed by atoms with van der Waals surface area (Å²) >= 11 is 0. The van der Waals surface area contributed by atoms with Gasteiger partial charge in [-0.25, -0.2) is 0 Å². The zero-order valence-corrected chi connectivity index (χ0v) is 15.8. The van der Waals surface area contributed by atoms with Gasteiger partial charge in [0, 0.05) is 18.3 Å². The van der Waals surface area contributed by atoms with Crippen LogP contribution in [-0.4, -0.2) is 17.9 Å². The van der Waals surface area contributed by atoms with Crippen LogP contribution in [0.4, 0.5) is 11.7 Å². The molecule has 0 fully saturated rings. The van der Waals surface area contributed by atoms with Crippen molar-refractivity contribution in [3.63, 3.8) is 0 Å². The van der Waals surface area contributed by atoms with Gasteiger partial charge in [-0.1, -0.05) is 42.5 Å². The maximum atomic E-state index is 12.4. The molecule has 0 saturated heterocycles. The van der Waals surface area contributed by atoms with Gasteiger partial charge in [-0.2, -0.15) is 4.98 Å². The van der Waals surface area contributed by atoms with E-state index in [0.29, 0.717) is 11.6 Å². The molecule has 0 aliphatic carbocycles. The number of hydrogen-bond donors (Lipinski definition) is 1. The molecule has 28 heavy (non-hydrogen) atoms. The first-order valence-corrected chi connectivity index (χ1v) is 9.16. The van der Waals surface area contributed by atoms with E-state index in [1.807, 2.05) is 78.7 Å². The normalized spacial score (nSPS) is 11.9. The van der Waals surface area contributed by atoms with Crippen molar-refractivity contribution in [1.29, 1.82) is 0 Å². The summed E-state index contributed by atoms with van der Waals surface area (Å²) in [5.41, 5.74) is 4.03. The first kappa shape index (κ1) is 17.8. The van der Waals surface area contributed by atoms with E-state index in [9.17, 15) is 4.79 Å². The fourth-order valence-corrected chi connectivity index (χ4v) is 3.07. The lowest BCUT2D eigenvalue weighted by Gasteiger charge is -2.24. The maximum absolute atomic E-state index is 12.4. The minimum absolute atomic E-state index is 0.0154. The second kappa shape index (κ2) is 7.56. The summed E-state index contributed by atoms with van der Waals surface area (Å²) in [6, 6.07) is 25.3. The second-order valence-corrected chi connectivity index (χ2v) is 6.70. The number of rotatable bonds is 5. The van der Waals surface area contributed by atoms with Crippen LogP contribution >= 0.6 is 0 Å². The molecule has 0 spiro atoms. The zero-order chi connectivity index (χ0) is 19.5. The third kappa shape index (κ3) is 3.60. The lowest BCUT2D eigenvalue weighted by Crippen LogP contribution is -2.22. The highest BCUT2D eigenvalue weighted by atomic mass is 16.4. The average molecular weight is 371 g/mol. The lowest BCUT2D eigenvalue weighted by atomic mass is 10.1. The van der Waals surface area contributed by atoms with E-state index in [1.165, 1.54) is 0 Å². The molecule has 0 unspecified atom stereocenters. The Balaban J connectivity index is 1.53. The number of benzene rings is 3. The van der Waals surface area contributed by atoms with Crippen LogP contribution in [-0.2, 0) is 0 Å². The number of hydrogen-bond acceptors (Lipinski definition) is 4. The molecule has 0 saturated carbocycles. The van der Waals surface area contributed by atoms with Crippen molar-refractivity contribution in [3.05, 3.63) is 90.0 Å². The third-order valence-electron chi connectivity index (χ3n) is 4.83. The van der Waals surface area contributed by atoms with Gasteiger partial charge in [0.05, 0.1) is 6.04 Å².